The number of nitrogens with zero attached hydrogens (tertiary/aromatic N) is 1. The third kappa shape index (κ3) is 2.74. The van der Waals surface area contributed by atoms with Crippen LogP contribution >= 0.6 is 15.9 Å². The van der Waals surface area contributed by atoms with Crippen LogP contribution in [0.2, 0.25) is 0 Å². The number of aryl methyl sites for hydroxylation is 1. The van der Waals surface area contributed by atoms with E-state index in [-0.39, 0.29) is 10.7 Å². The lowest BCUT2D eigenvalue weighted by Gasteiger charge is -2.09. The topological polar surface area (TPSA) is 101 Å². The number of rotatable bonds is 3. The molecular formula is C11H13BrN4O2S. The van der Waals surface area contributed by atoms with Crippen molar-refractivity contribution in [2.75, 3.05) is 10.5 Å². The molecule has 0 amide bonds. The number of H-pyrrole nitrogens is 1. The van der Waals surface area contributed by atoms with Gasteiger partial charge in [-0.25, -0.2) is 8.42 Å². The molecule has 19 heavy (non-hydrogen) atoms. The standard InChI is InChI=1S/C11H13BrN4O2S/c1-6-7(2)14-15-11(6)16-19(17,18)10-5-8(13)3-4-9(10)12/h3-5H,13H2,1-2H3,(H2,14,15,16). The Balaban J connectivity index is 2.43. The third-order valence-electron chi connectivity index (χ3n) is 2.73. The molecule has 8 heteroatoms. The fraction of sp³-hybridized carbons (Fsp3) is 0.182. The van der Waals surface area contributed by atoms with Gasteiger partial charge in [-0.05, 0) is 48.0 Å². The van der Waals surface area contributed by atoms with E-state index in [9.17, 15) is 8.42 Å². The molecule has 2 rings (SSSR count). The van der Waals surface area contributed by atoms with Crippen molar-refractivity contribution in [2.45, 2.75) is 18.7 Å². The van der Waals surface area contributed by atoms with Crippen molar-refractivity contribution in [3.63, 3.8) is 0 Å². The van der Waals surface area contributed by atoms with Gasteiger partial charge in [-0.3, -0.25) is 9.82 Å². The highest BCUT2D eigenvalue weighted by Crippen LogP contribution is 2.26. The molecule has 2 aromatic rings. The molecule has 1 aromatic heterocycles. The Morgan fingerprint density at radius 2 is 2.05 bits per heavy atom. The van der Waals surface area contributed by atoms with E-state index in [2.05, 4.69) is 30.8 Å². The van der Waals surface area contributed by atoms with Crippen LogP contribution in [-0.4, -0.2) is 18.6 Å². The summed E-state index contributed by atoms with van der Waals surface area (Å²) in [5.74, 6) is 0.284. The molecular weight excluding hydrogens is 332 g/mol. The van der Waals surface area contributed by atoms with E-state index >= 15 is 0 Å². The molecule has 0 fully saturated rings. The lowest BCUT2D eigenvalue weighted by molar-refractivity contribution is 0.600. The summed E-state index contributed by atoms with van der Waals surface area (Å²) in [6.45, 7) is 3.60. The van der Waals surface area contributed by atoms with Crippen LogP contribution in [-0.2, 0) is 10.0 Å². The first kappa shape index (κ1) is 13.9. The molecule has 0 bridgehead atoms. The number of benzene rings is 1. The Hall–Kier alpha value is -1.54. The molecule has 1 aromatic carbocycles. The van der Waals surface area contributed by atoms with Crippen LogP contribution in [0.4, 0.5) is 11.5 Å². The van der Waals surface area contributed by atoms with Gasteiger partial charge in [-0.1, -0.05) is 0 Å². The van der Waals surface area contributed by atoms with Gasteiger partial charge in [0.15, 0.2) is 5.82 Å². The zero-order valence-electron chi connectivity index (χ0n) is 10.4. The summed E-state index contributed by atoms with van der Waals surface area (Å²) in [6, 6.07) is 4.60. The Bertz CT molecular complexity index is 724. The van der Waals surface area contributed by atoms with Crippen molar-refractivity contribution in [1.82, 2.24) is 10.2 Å². The number of nitrogen functional groups attached to an aromatic ring is 1. The molecule has 102 valence electrons. The minimum atomic E-state index is -3.74. The van der Waals surface area contributed by atoms with Gasteiger partial charge in [0, 0.05) is 21.4 Å². The van der Waals surface area contributed by atoms with Crippen LogP contribution < -0.4 is 10.5 Å². The Morgan fingerprint density at radius 3 is 2.63 bits per heavy atom. The summed E-state index contributed by atoms with van der Waals surface area (Å²) in [4.78, 5) is 0.0764. The first-order chi connectivity index (χ1) is 8.81. The van der Waals surface area contributed by atoms with E-state index in [0.717, 1.165) is 11.3 Å². The minimum absolute atomic E-state index is 0.0764. The van der Waals surface area contributed by atoms with Crippen molar-refractivity contribution in [3.05, 3.63) is 33.9 Å². The average Bonchev–Trinajstić information content (AvgIpc) is 2.63. The van der Waals surface area contributed by atoms with Crippen molar-refractivity contribution >= 4 is 37.5 Å². The molecule has 6 nitrogen and oxygen atoms in total. The number of hydrogen-bond acceptors (Lipinski definition) is 4. The van der Waals surface area contributed by atoms with Crippen LogP contribution in [0.3, 0.4) is 0 Å². The van der Waals surface area contributed by atoms with Gasteiger partial charge in [-0.15, -0.1) is 0 Å². The van der Waals surface area contributed by atoms with Crippen molar-refractivity contribution in [1.29, 1.82) is 0 Å². The van der Waals surface area contributed by atoms with Crippen LogP contribution in [0, 0.1) is 13.8 Å². The second-order valence-electron chi connectivity index (χ2n) is 4.12. The first-order valence-corrected chi connectivity index (χ1v) is 7.68. The van der Waals surface area contributed by atoms with Crippen molar-refractivity contribution in [3.8, 4) is 0 Å². The lowest BCUT2D eigenvalue weighted by atomic mass is 10.3. The number of halogens is 1. The Kier molecular flexibility index (Phi) is 3.55. The number of aromatic nitrogens is 2. The highest BCUT2D eigenvalue weighted by Gasteiger charge is 2.20. The quantitative estimate of drug-likeness (QED) is 0.742. The second-order valence-corrected chi connectivity index (χ2v) is 6.62. The molecule has 0 unspecified atom stereocenters. The summed E-state index contributed by atoms with van der Waals surface area (Å²) in [6.07, 6.45) is 0. The molecule has 1 heterocycles. The van der Waals surface area contributed by atoms with E-state index in [1.807, 2.05) is 6.92 Å². The molecule has 0 atom stereocenters. The Morgan fingerprint density at radius 1 is 1.37 bits per heavy atom. The maximum Gasteiger partial charge on any atom is 0.264 e. The normalized spacial score (nSPS) is 11.5. The van der Waals surface area contributed by atoms with Gasteiger partial charge in [0.25, 0.3) is 10.0 Å². The number of sulfonamides is 1. The van der Waals surface area contributed by atoms with Crippen LogP contribution in [0.25, 0.3) is 0 Å². The van der Waals surface area contributed by atoms with Crippen LogP contribution in [0.5, 0.6) is 0 Å². The van der Waals surface area contributed by atoms with Gasteiger partial charge in [0.05, 0.1) is 0 Å². The van der Waals surface area contributed by atoms with E-state index in [4.69, 9.17) is 5.73 Å². The van der Waals surface area contributed by atoms with Gasteiger partial charge in [-0.2, -0.15) is 5.10 Å². The Labute approximate surface area is 119 Å². The first-order valence-electron chi connectivity index (χ1n) is 5.40. The fourth-order valence-corrected chi connectivity index (χ4v) is 3.56. The van der Waals surface area contributed by atoms with E-state index in [1.54, 1.807) is 19.1 Å². The number of anilines is 2. The number of nitrogens with two attached hydrogens (primary N) is 1. The van der Waals surface area contributed by atoms with E-state index in [0.29, 0.717) is 10.2 Å². The van der Waals surface area contributed by atoms with Crippen molar-refractivity contribution in [2.24, 2.45) is 0 Å². The summed E-state index contributed by atoms with van der Waals surface area (Å²) in [5, 5.41) is 6.64. The molecule has 0 radical (unpaired) electrons. The predicted octanol–water partition coefficient (Wildman–Crippen LogP) is 2.17. The molecule has 0 saturated heterocycles. The van der Waals surface area contributed by atoms with E-state index in [1.165, 1.54) is 6.07 Å². The average molecular weight is 345 g/mol. The van der Waals surface area contributed by atoms with Gasteiger partial charge in [0.2, 0.25) is 0 Å². The lowest BCUT2D eigenvalue weighted by Crippen LogP contribution is -2.15. The monoisotopic (exact) mass is 344 g/mol. The van der Waals surface area contributed by atoms with Crippen LogP contribution in [0.1, 0.15) is 11.3 Å². The number of hydrogen-bond donors (Lipinski definition) is 3. The zero-order chi connectivity index (χ0) is 14.2. The molecule has 0 saturated carbocycles. The van der Waals surface area contributed by atoms with Gasteiger partial charge in [0.1, 0.15) is 4.90 Å². The second kappa shape index (κ2) is 4.86. The summed E-state index contributed by atoms with van der Waals surface area (Å²) in [5.41, 5.74) is 7.55. The molecule has 0 spiro atoms. The molecule has 4 N–H and O–H groups in total. The highest BCUT2D eigenvalue weighted by atomic mass is 79.9. The maximum atomic E-state index is 12.3. The molecule has 0 aliphatic heterocycles. The van der Waals surface area contributed by atoms with Crippen molar-refractivity contribution < 1.29 is 8.42 Å². The number of nitrogens with one attached hydrogen (secondary N) is 2. The summed E-state index contributed by atoms with van der Waals surface area (Å²) in [7, 11) is -3.74. The third-order valence-corrected chi connectivity index (χ3v) is 5.06. The zero-order valence-corrected chi connectivity index (χ0v) is 12.8. The molecule has 0 aliphatic rings. The fourth-order valence-electron chi connectivity index (χ4n) is 1.49. The predicted molar refractivity (Wildman–Crippen MR) is 77.4 cm³/mol. The number of aromatic amines is 1. The smallest absolute Gasteiger partial charge is 0.264 e. The minimum Gasteiger partial charge on any atom is -0.399 e. The maximum absolute atomic E-state index is 12.3. The van der Waals surface area contributed by atoms with Gasteiger partial charge >= 0.3 is 0 Å². The summed E-state index contributed by atoms with van der Waals surface area (Å²) >= 11 is 3.20. The highest BCUT2D eigenvalue weighted by molar-refractivity contribution is 9.10. The molecule has 0 aliphatic carbocycles. The van der Waals surface area contributed by atoms with Crippen LogP contribution in [0.15, 0.2) is 27.6 Å². The SMILES string of the molecule is Cc1[nH]nc(NS(=O)(=O)c2cc(N)ccc2Br)c1C. The van der Waals surface area contributed by atoms with E-state index < -0.39 is 10.0 Å². The van der Waals surface area contributed by atoms with Gasteiger partial charge < -0.3 is 5.73 Å². The largest absolute Gasteiger partial charge is 0.399 e. The summed E-state index contributed by atoms with van der Waals surface area (Å²) < 4.78 is 27.5.